The van der Waals surface area contributed by atoms with Gasteiger partial charge in [0, 0.05) is 37.1 Å². The maximum atomic E-state index is 12.7. The van der Waals surface area contributed by atoms with Crippen LogP contribution in [0.2, 0.25) is 0 Å². The largest absolute Gasteiger partial charge is 0.481 e. The number of ether oxygens (including phenoxy) is 1. The molecule has 0 aliphatic carbocycles. The number of unbranched alkanes of at least 4 members (excludes halogenated alkanes) is 1. The molecule has 1 aliphatic heterocycles. The van der Waals surface area contributed by atoms with Gasteiger partial charge in [-0.3, -0.25) is 32.5 Å². The van der Waals surface area contributed by atoms with Crippen LogP contribution >= 0.6 is 35.2 Å². The molecule has 0 aromatic carbocycles. The van der Waals surface area contributed by atoms with Crippen molar-refractivity contribution in [3.05, 3.63) is 37.0 Å². The van der Waals surface area contributed by atoms with E-state index < -0.39 is 84.6 Å². The molecule has 2 amide bonds. The van der Waals surface area contributed by atoms with Crippen molar-refractivity contribution in [2.45, 2.75) is 83.5 Å². The van der Waals surface area contributed by atoms with Gasteiger partial charge in [0.25, 0.3) is 0 Å². The number of amides is 2. The zero-order chi connectivity index (χ0) is 44.0. The summed E-state index contributed by atoms with van der Waals surface area (Å²) in [5.41, 5.74) is 4.26. The minimum Gasteiger partial charge on any atom is -0.386 e. The number of anilines is 1. The second-order valence-corrected chi connectivity index (χ2v) is 18.8. The minimum atomic E-state index is -5.57. The van der Waals surface area contributed by atoms with Crippen LogP contribution in [0.5, 0.6) is 0 Å². The van der Waals surface area contributed by atoms with Crippen molar-refractivity contribution in [3.63, 3.8) is 0 Å². The van der Waals surface area contributed by atoms with Crippen LogP contribution in [-0.4, -0.2) is 123 Å². The van der Waals surface area contributed by atoms with Crippen molar-refractivity contribution in [1.82, 2.24) is 30.2 Å². The number of aromatic nitrogens is 4. The lowest BCUT2D eigenvalue weighted by Crippen LogP contribution is -2.46. The summed E-state index contributed by atoms with van der Waals surface area (Å²) >= 11 is 1.08. The number of carbonyl (C=O) groups excluding carboxylic acids is 3. The van der Waals surface area contributed by atoms with Crippen LogP contribution in [0.15, 0.2) is 37.0 Å². The van der Waals surface area contributed by atoms with Crippen molar-refractivity contribution >= 4 is 69.1 Å². The number of hydrogen-bond donors (Lipinski definition) is 9. The molecular formula is C31H50N7O17P3S. The predicted octanol–water partition coefficient (Wildman–Crippen LogP) is 1.36. The number of nitrogens with one attached hydrogen (secondary N) is 2. The van der Waals surface area contributed by atoms with Gasteiger partial charge in [0.15, 0.2) is 22.8 Å². The number of aliphatic hydroxyl groups excluding tert-OH is 2. The van der Waals surface area contributed by atoms with Gasteiger partial charge in [0.1, 0.15) is 36.3 Å². The van der Waals surface area contributed by atoms with E-state index in [1.165, 1.54) is 13.8 Å². The third kappa shape index (κ3) is 16.8. The van der Waals surface area contributed by atoms with Gasteiger partial charge in [-0.2, -0.15) is 4.31 Å². The second-order valence-electron chi connectivity index (χ2n) is 13.4. The fourth-order valence-corrected chi connectivity index (χ4v) is 8.60. The lowest BCUT2D eigenvalue weighted by atomic mass is 9.87. The van der Waals surface area contributed by atoms with Gasteiger partial charge >= 0.3 is 23.5 Å². The molecule has 1 saturated heterocycles. The van der Waals surface area contributed by atoms with Crippen LogP contribution in [-0.2, 0) is 50.7 Å². The lowest BCUT2D eigenvalue weighted by molar-refractivity contribution is -0.137. The Bertz CT molecular complexity index is 1950. The molecule has 2 aromatic rings. The monoisotopic (exact) mass is 917 g/mol. The molecule has 1 aliphatic rings. The normalized spacial score (nSPS) is 21.4. The van der Waals surface area contributed by atoms with Crippen LogP contribution in [0.25, 0.3) is 11.2 Å². The fourth-order valence-electron chi connectivity index (χ4n) is 5.13. The Morgan fingerprint density at radius 1 is 1.02 bits per heavy atom. The highest BCUT2D eigenvalue weighted by Gasteiger charge is 2.50. The van der Waals surface area contributed by atoms with Crippen molar-refractivity contribution < 1.29 is 80.5 Å². The number of hydrogen-bond acceptors (Lipinski definition) is 18. The highest BCUT2D eigenvalue weighted by molar-refractivity contribution is 8.13. The van der Waals surface area contributed by atoms with E-state index in [0.717, 1.165) is 48.2 Å². The van der Waals surface area contributed by atoms with Gasteiger partial charge in [-0.25, -0.2) is 28.6 Å². The van der Waals surface area contributed by atoms with Crippen molar-refractivity contribution in [1.29, 1.82) is 0 Å². The summed E-state index contributed by atoms with van der Waals surface area (Å²) in [6.07, 6.45) is 4.00. The summed E-state index contributed by atoms with van der Waals surface area (Å²) in [6.45, 7) is 2.55. The van der Waals surface area contributed by atoms with Gasteiger partial charge in [-0.15, -0.1) is 0 Å². The van der Waals surface area contributed by atoms with Crippen LogP contribution < -0.4 is 16.4 Å². The lowest BCUT2D eigenvalue weighted by Gasteiger charge is -2.30. The standard InChI is InChI=1S/C31H50N7O17P3S/c1-4-5-6-7-8-9-10-11-22(40)59-15-14-33-21(39)12-13-34-29(43)26(42)31(2,3)17-52-58(49,50)55-57(47,48)51-16-20-25(54-56(44,45)46)24(41)30(53-20)38-19-37-23-27(32)35-18-36-28(23)38/h5-6,9-10,18-20,24-26,30,41-42H,4,7-8,11-17H2,1-3H3,(H,33,39)(H,34,43)(H,47,48)(H,49,50)(H2,32,35,36)(H2,44,45,46)/b6-5+,10-9+. The Labute approximate surface area is 342 Å². The Hall–Kier alpha value is -2.96. The number of phosphoric acid groups is 3. The molecule has 28 heteroatoms. The van der Waals surface area contributed by atoms with E-state index in [9.17, 15) is 57.9 Å². The summed E-state index contributed by atoms with van der Waals surface area (Å²) in [7, 11) is -16.4. The maximum Gasteiger partial charge on any atom is 0.481 e. The first-order chi connectivity index (χ1) is 27.6. The molecule has 7 atom stereocenters. The quantitative estimate of drug-likeness (QED) is 0.0385. The van der Waals surface area contributed by atoms with E-state index in [0.29, 0.717) is 5.75 Å². The van der Waals surface area contributed by atoms with Gasteiger partial charge in [0.05, 0.1) is 19.5 Å². The van der Waals surface area contributed by atoms with Gasteiger partial charge in [-0.05, 0) is 19.3 Å². The average molecular weight is 918 g/mol. The van der Waals surface area contributed by atoms with Gasteiger partial charge in [0.2, 0.25) is 11.8 Å². The number of phosphoric ester groups is 3. The van der Waals surface area contributed by atoms with Crippen LogP contribution in [0, 0.1) is 5.41 Å². The van der Waals surface area contributed by atoms with Gasteiger partial charge in [-0.1, -0.05) is 56.8 Å². The second kappa shape index (κ2) is 22.8. The fraction of sp³-hybridized carbons (Fsp3) is 0.613. The van der Waals surface area contributed by atoms with Crippen LogP contribution in [0.1, 0.15) is 59.1 Å². The zero-order valence-corrected chi connectivity index (χ0v) is 35.7. The van der Waals surface area contributed by atoms with Crippen LogP contribution in [0.3, 0.4) is 0 Å². The molecule has 332 valence electrons. The van der Waals surface area contributed by atoms with E-state index in [-0.39, 0.29) is 48.0 Å². The zero-order valence-electron chi connectivity index (χ0n) is 32.2. The van der Waals surface area contributed by atoms with E-state index >= 15 is 0 Å². The number of nitrogen functional groups attached to an aromatic ring is 1. The summed E-state index contributed by atoms with van der Waals surface area (Å²) in [6, 6.07) is 0. The first-order valence-electron chi connectivity index (χ1n) is 17.9. The van der Waals surface area contributed by atoms with Crippen molar-refractivity contribution in [3.8, 4) is 0 Å². The first kappa shape index (κ1) is 50.4. The molecular weight excluding hydrogens is 867 g/mol. The molecule has 59 heavy (non-hydrogen) atoms. The molecule has 24 nitrogen and oxygen atoms in total. The number of carbonyl (C=O) groups is 3. The SMILES string of the molecule is CC/C=C/CC/C=C/CC(=O)SCCNC(=O)CCNC(=O)C(O)C(C)(C)COP(=O)(O)OP(=O)(O)OCC1OC(n2cnc3c(N)ncnc32)C(O)C1OP(=O)(O)O. The molecule has 1 fully saturated rings. The smallest absolute Gasteiger partial charge is 0.386 e. The Balaban J connectivity index is 1.43. The van der Waals surface area contributed by atoms with Crippen molar-refractivity contribution in [2.24, 2.45) is 5.41 Å². The number of allylic oxidation sites excluding steroid dienone is 4. The topological polar surface area (TPSA) is 364 Å². The molecule has 3 heterocycles. The predicted molar refractivity (Wildman–Crippen MR) is 210 cm³/mol. The Morgan fingerprint density at radius 3 is 2.37 bits per heavy atom. The van der Waals surface area contributed by atoms with E-state index in [4.69, 9.17) is 19.5 Å². The molecule has 0 saturated carbocycles. The van der Waals surface area contributed by atoms with E-state index in [1.807, 2.05) is 12.2 Å². The molecule has 0 bridgehead atoms. The number of aliphatic hydroxyl groups is 2. The number of thioether (sulfide) groups is 1. The molecule has 10 N–H and O–H groups in total. The summed E-state index contributed by atoms with van der Waals surface area (Å²) < 4.78 is 62.2. The number of fused-ring (bicyclic) bond motifs is 1. The molecule has 2 aromatic heterocycles. The summed E-state index contributed by atoms with van der Waals surface area (Å²) in [4.78, 5) is 87.7. The highest BCUT2D eigenvalue weighted by Crippen LogP contribution is 2.61. The maximum absolute atomic E-state index is 12.7. The average Bonchev–Trinajstić information content (AvgIpc) is 3.71. The summed E-state index contributed by atoms with van der Waals surface area (Å²) in [5.74, 6) is -1.11. The van der Waals surface area contributed by atoms with E-state index in [1.54, 1.807) is 0 Å². The first-order valence-corrected chi connectivity index (χ1v) is 23.4. The van der Waals surface area contributed by atoms with Crippen LogP contribution in [0.4, 0.5) is 5.82 Å². The molecule has 0 spiro atoms. The molecule has 7 unspecified atom stereocenters. The third-order valence-electron chi connectivity index (χ3n) is 8.12. The van der Waals surface area contributed by atoms with E-state index in [2.05, 4.69) is 53.5 Å². The Morgan fingerprint density at radius 2 is 1.69 bits per heavy atom. The Kier molecular flexibility index (Phi) is 19.4. The number of nitrogens with two attached hydrogens (primary N) is 1. The summed E-state index contributed by atoms with van der Waals surface area (Å²) in [5, 5.41) is 26.4. The number of imidazole rings is 1. The number of nitrogens with zero attached hydrogens (tertiary/aromatic N) is 4. The molecule has 0 radical (unpaired) electrons. The van der Waals surface area contributed by atoms with Crippen molar-refractivity contribution in [2.75, 3.05) is 37.8 Å². The number of rotatable bonds is 25. The highest BCUT2D eigenvalue weighted by atomic mass is 32.2. The van der Waals surface area contributed by atoms with Gasteiger partial charge < -0.3 is 50.9 Å². The molecule has 3 rings (SSSR count). The minimum absolute atomic E-state index is 0.0304. The third-order valence-corrected chi connectivity index (χ3v) is 12.1.